The second-order valence-electron chi connectivity index (χ2n) is 6.93. The molecule has 0 bridgehead atoms. The van der Waals surface area contributed by atoms with Gasteiger partial charge in [0.2, 0.25) is 0 Å². The molecule has 2 aromatic carbocycles. The highest BCUT2D eigenvalue weighted by Gasteiger charge is 2.28. The third kappa shape index (κ3) is 3.75. The highest BCUT2D eigenvalue weighted by atomic mass is 32.2. The van der Waals surface area contributed by atoms with Crippen LogP contribution in [0.1, 0.15) is 30.7 Å². The maximum absolute atomic E-state index is 13.0. The Labute approximate surface area is 157 Å². The lowest BCUT2D eigenvalue weighted by atomic mass is 10.1. The molecule has 1 atom stereocenters. The Kier molecular flexibility index (Phi) is 4.74. The number of likely N-dealkylation sites (tertiary alicyclic amines) is 1. The van der Waals surface area contributed by atoms with Crippen molar-refractivity contribution in [1.82, 2.24) is 9.88 Å². The largest absolute Gasteiger partial charge is 0.440 e. The molecule has 1 saturated heterocycles. The summed E-state index contributed by atoms with van der Waals surface area (Å²) in [6.07, 6.45) is 0.925. The van der Waals surface area contributed by atoms with E-state index < -0.39 is 9.84 Å². The molecule has 0 aliphatic carbocycles. The standard InChI is InChI=1S/C20H21FN2O3S/c1-2-27(24,25)17-7-8-19-18(11-17)22-20(26-19)15-9-10-23(13-15)12-14-3-5-16(21)6-4-14/h3-8,11,15H,2,9-10,12-13H2,1H3. The summed E-state index contributed by atoms with van der Waals surface area (Å²) in [5.74, 6) is 0.653. The van der Waals surface area contributed by atoms with Gasteiger partial charge in [0.05, 0.1) is 10.6 Å². The normalized spacial score (nSPS) is 18.4. The summed E-state index contributed by atoms with van der Waals surface area (Å²) in [5.41, 5.74) is 2.26. The summed E-state index contributed by atoms with van der Waals surface area (Å²) in [6.45, 7) is 4.11. The predicted octanol–water partition coefficient (Wildman–Crippen LogP) is 3.75. The van der Waals surface area contributed by atoms with E-state index in [9.17, 15) is 12.8 Å². The molecule has 27 heavy (non-hydrogen) atoms. The summed E-state index contributed by atoms with van der Waals surface area (Å²) >= 11 is 0. The topological polar surface area (TPSA) is 63.4 Å². The number of aromatic nitrogens is 1. The van der Waals surface area contributed by atoms with Crippen molar-refractivity contribution >= 4 is 20.9 Å². The van der Waals surface area contributed by atoms with Gasteiger partial charge in [0, 0.05) is 19.0 Å². The lowest BCUT2D eigenvalue weighted by molar-refractivity contribution is 0.321. The molecular weight excluding hydrogens is 367 g/mol. The van der Waals surface area contributed by atoms with E-state index in [1.54, 1.807) is 37.3 Å². The van der Waals surface area contributed by atoms with Crippen molar-refractivity contribution in [1.29, 1.82) is 0 Å². The molecule has 5 nitrogen and oxygen atoms in total. The molecule has 142 valence electrons. The zero-order chi connectivity index (χ0) is 19.0. The van der Waals surface area contributed by atoms with Gasteiger partial charge in [-0.15, -0.1) is 0 Å². The van der Waals surface area contributed by atoms with Gasteiger partial charge in [-0.2, -0.15) is 0 Å². The van der Waals surface area contributed by atoms with Gasteiger partial charge in [-0.1, -0.05) is 19.1 Å². The van der Waals surface area contributed by atoms with E-state index in [4.69, 9.17) is 4.42 Å². The number of halogens is 1. The van der Waals surface area contributed by atoms with Gasteiger partial charge >= 0.3 is 0 Å². The number of nitrogens with zero attached hydrogens (tertiary/aromatic N) is 2. The van der Waals surface area contributed by atoms with E-state index in [1.807, 2.05) is 0 Å². The average Bonchev–Trinajstić information content (AvgIpc) is 3.29. The quantitative estimate of drug-likeness (QED) is 0.666. The molecule has 0 radical (unpaired) electrons. The van der Waals surface area contributed by atoms with Crippen LogP contribution in [0.3, 0.4) is 0 Å². The Hall–Kier alpha value is -2.25. The van der Waals surface area contributed by atoms with Gasteiger partial charge in [-0.05, 0) is 48.9 Å². The first kappa shape index (κ1) is 18.1. The van der Waals surface area contributed by atoms with E-state index in [-0.39, 0.29) is 22.4 Å². The SMILES string of the molecule is CCS(=O)(=O)c1ccc2oc(C3CCN(Cc4ccc(F)cc4)C3)nc2c1. The van der Waals surface area contributed by atoms with Crippen LogP contribution in [0.4, 0.5) is 4.39 Å². The molecule has 2 heterocycles. The van der Waals surface area contributed by atoms with Crippen molar-refractivity contribution < 1.29 is 17.2 Å². The van der Waals surface area contributed by atoms with Crippen molar-refractivity contribution in [2.24, 2.45) is 0 Å². The summed E-state index contributed by atoms with van der Waals surface area (Å²) in [4.78, 5) is 7.12. The Bertz CT molecular complexity index is 1060. The van der Waals surface area contributed by atoms with Crippen LogP contribution in [-0.2, 0) is 16.4 Å². The third-order valence-corrected chi connectivity index (χ3v) is 6.79. The molecule has 1 aliphatic heterocycles. The number of hydrogen-bond donors (Lipinski definition) is 0. The van der Waals surface area contributed by atoms with E-state index >= 15 is 0 Å². The first-order chi connectivity index (χ1) is 12.9. The Morgan fingerprint density at radius 1 is 1.22 bits per heavy atom. The van der Waals surface area contributed by atoms with Crippen LogP contribution in [0.15, 0.2) is 51.8 Å². The Morgan fingerprint density at radius 3 is 2.74 bits per heavy atom. The smallest absolute Gasteiger partial charge is 0.199 e. The number of oxazole rings is 1. The maximum Gasteiger partial charge on any atom is 0.199 e. The first-order valence-electron chi connectivity index (χ1n) is 9.04. The molecule has 1 fully saturated rings. The van der Waals surface area contributed by atoms with Crippen LogP contribution in [0, 0.1) is 5.82 Å². The minimum Gasteiger partial charge on any atom is -0.440 e. The highest BCUT2D eigenvalue weighted by molar-refractivity contribution is 7.91. The van der Waals surface area contributed by atoms with Crippen molar-refractivity contribution in [3.05, 3.63) is 59.7 Å². The molecule has 0 N–H and O–H groups in total. The zero-order valence-corrected chi connectivity index (χ0v) is 15.9. The number of hydrogen-bond acceptors (Lipinski definition) is 5. The number of benzene rings is 2. The lowest BCUT2D eigenvalue weighted by Crippen LogP contribution is -2.19. The monoisotopic (exact) mass is 388 g/mol. The third-order valence-electron chi connectivity index (χ3n) is 5.06. The fraction of sp³-hybridized carbons (Fsp3) is 0.350. The number of rotatable bonds is 5. The molecule has 1 aliphatic rings. The highest BCUT2D eigenvalue weighted by Crippen LogP contribution is 2.31. The van der Waals surface area contributed by atoms with Gasteiger partial charge < -0.3 is 4.42 Å². The summed E-state index contributed by atoms with van der Waals surface area (Å²) < 4.78 is 43.0. The second kappa shape index (κ2) is 7.05. The summed E-state index contributed by atoms with van der Waals surface area (Å²) in [7, 11) is -3.26. The van der Waals surface area contributed by atoms with Gasteiger partial charge in [0.1, 0.15) is 11.3 Å². The molecule has 7 heteroatoms. The van der Waals surface area contributed by atoms with Crippen LogP contribution in [0.25, 0.3) is 11.1 Å². The molecule has 0 amide bonds. The lowest BCUT2D eigenvalue weighted by Gasteiger charge is -2.15. The van der Waals surface area contributed by atoms with Crippen molar-refractivity contribution in [2.75, 3.05) is 18.8 Å². The molecule has 0 saturated carbocycles. The second-order valence-corrected chi connectivity index (χ2v) is 9.21. The molecule has 3 aromatic rings. The molecule has 1 unspecified atom stereocenters. The van der Waals surface area contributed by atoms with Crippen LogP contribution < -0.4 is 0 Å². The van der Waals surface area contributed by atoms with Crippen molar-refractivity contribution in [2.45, 2.75) is 30.7 Å². The Morgan fingerprint density at radius 2 is 2.00 bits per heavy atom. The fourth-order valence-corrected chi connectivity index (χ4v) is 4.39. The Balaban J connectivity index is 1.50. The molecule has 1 aromatic heterocycles. The van der Waals surface area contributed by atoms with E-state index in [0.717, 1.165) is 31.6 Å². The van der Waals surface area contributed by atoms with E-state index in [0.29, 0.717) is 17.0 Å². The first-order valence-corrected chi connectivity index (χ1v) is 10.7. The van der Waals surface area contributed by atoms with Crippen molar-refractivity contribution in [3.8, 4) is 0 Å². The predicted molar refractivity (Wildman–Crippen MR) is 101 cm³/mol. The number of fused-ring (bicyclic) bond motifs is 1. The summed E-state index contributed by atoms with van der Waals surface area (Å²) in [6, 6.07) is 11.4. The number of sulfone groups is 1. The van der Waals surface area contributed by atoms with Gasteiger partial charge in [-0.25, -0.2) is 17.8 Å². The van der Waals surface area contributed by atoms with Gasteiger partial charge in [0.25, 0.3) is 0 Å². The van der Waals surface area contributed by atoms with Gasteiger partial charge in [-0.3, -0.25) is 4.90 Å². The van der Waals surface area contributed by atoms with Crippen LogP contribution >= 0.6 is 0 Å². The van der Waals surface area contributed by atoms with Crippen LogP contribution in [0.5, 0.6) is 0 Å². The fourth-order valence-electron chi connectivity index (χ4n) is 3.49. The van der Waals surface area contributed by atoms with E-state index in [2.05, 4.69) is 9.88 Å². The minimum absolute atomic E-state index is 0.0597. The van der Waals surface area contributed by atoms with E-state index in [1.165, 1.54) is 12.1 Å². The maximum atomic E-state index is 13.0. The van der Waals surface area contributed by atoms with Crippen LogP contribution in [-0.4, -0.2) is 37.1 Å². The zero-order valence-electron chi connectivity index (χ0n) is 15.1. The summed E-state index contributed by atoms with van der Waals surface area (Å²) in [5, 5.41) is 0. The van der Waals surface area contributed by atoms with Gasteiger partial charge in [0.15, 0.2) is 21.3 Å². The van der Waals surface area contributed by atoms with Crippen molar-refractivity contribution in [3.63, 3.8) is 0 Å². The molecule has 4 rings (SSSR count). The molecular formula is C20H21FN2O3S. The molecule has 0 spiro atoms. The minimum atomic E-state index is -3.26. The van der Waals surface area contributed by atoms with Crippen LogP contribution in [0.2, 0.25) is 0 Å². The average molecular weight is 388 g/mol.